The number of pyridine rings is 1. The topological polar surface area (TPSA) is 68.0 Å². The molecule has 5 heteroatoms. The van der Waals surface area contributed by atoms with E-state index in [9.17, 15) is 9.90 Å². The lowest BCUT2D eigenvalue weighted by Crippen LogP contribution is -2.24. The summed E-state index contributed by atoms with van der Waals surface area (Å²) in [6, 6.07) is 7.25. The van der Waals surface area contributed by atoms with Crippen molar-refractivity contribution in [2.75, 3.05) is 0 Å². The number of nitrogens with zero attached hydrogens (tertiary/aromatic N) is 3. The van der Waals surface area contributed by atoms with Crippen LogP contribution in [-0.2, 0) is 6.54 Å². The molecule has 1 aromatic carbocycles. The minimum absolute atomic E-state index is 0.143. The van der Waals surface area contributed by atoms with Crippen LogP contribution in [0.4, 0.5) is 0 Å². The van der Waals surface area contributed by atoms with Crippen LogP contribution in [-0.4, -0.2) is 19.6 Å². The molecule has 0 bridgehead atoms. The van der Waals surface area contributed by atoms with Gasteiger partial charge in [-0.05, 0) is 37.1 Å². The van der Waals surface area contributed by atoms with Gasteiger partial charge in [0.1, 0.15) is 0 Å². The lowest BCUT2D eigenvalue weighted by Gasteiger charge is -2.13. The molecule has 0 aliphatic carbocycles. The Kier molecular flexibility index (Phi) is 3.73. The number of hydrogen-bond acceptors (Lipinski definition) is 4. The van der Waals surface area contributed by atoms with E-state index < -0.39 is 6.10 Å². The maximum atomic E-state index is 12.6. The van der Waals surface area contributed by atoms with Crippen molar-refractivity contribution in [3.8, 4) is 0 Å². The normalized spacial score (nSPS) is 12.5. The zero-order chi connectivity index (χ0) is 15.7. The number of aryl methyl sites for hydroxylation is 2. The van der Waals surface area contributed by atoms with Crippen LogP contribution in [0.15, 0.2) is 47.8 Å². The van der Waals surface area contributed by atoms with Gasteiger partial charge in [-0.2, -0.15) is 0 Å². The Balaban J connectivity index is 2.01. The van der Waals surface area contributed by atoms with Crippen LogP contribution in [0.3, 0.4) is 0 Å². The van der Waals surface area contributed by atoms with Gasteiger partial charge in [0.15, 0.2) is 0 Å². The number of benzene rings is 1. The molecule has 2 heterocycles. The molecule has 3 rings (SSSR count). The van der Waals surface area contributed by atoms with E-state index in [-0.39, 0.29) is 12.1 Å². The predicted octanol–water partition coefficient (Wildman–Crippen LogP) is 2.14. The van der Waals surface area contributed by atoms with E-state index in [0.717, 1.165) is 16.6 Å². The number of fused-ring (bicyclic) bond motifs is 1. The summed E-state index contributed by atoms with van der Waals surface area (Å²) in [5, 5.41) is 10.8. The van der Waals surface area contributed by atoms with Crippen LogP contribution in [0.1, 0.15) is 22.8 Å². The number of hydrogen-bond donors (Lipinski definition) is 1. The summed E-state index contributed by atoms with van der Waals surface area (Å²) in [6.07, 6.45) is 3.94. The van der Waals surface area contributed by atoms with Gasteiger partial charge in [-0.25, -0.2) is 4.98 Å². The van der Waals surface area contributed by atoms with Gasteiger partial charge in [-0.15, -0.1) is 0 Å². The summed E-state index contributed by atoms with van der Waals surface area (Å²) in [7, 11) is 0. The van der Waals surface area contributed by atoms with Crippen molar-refractivity contribution >= 4 is 10.9 Å². The summed E-state index contributed by atoms with van der Waals surface area (Å²) in [5.41, 5.74) is 3.37. The quantitative estimate of drug-likeness (QED) is 0.804. The van der Waals surface area contributed by atoms with E-state index >= 15 is 0 Å². The van der Waals surface area contributed by atoms with Crippen molar-refractivity contribution in [2.24, 2.45) is 0 Å². The molecule has 0 aliphatic rings. The summed E-state index contributed by atoms with van der Waals surface area (Å²) in [5.74, 6) is 0. The average molecular weight is 295 g/mol. The number of aromatic nitrogens is 3. The first kappa shape index (κ1) is 14.4. The monoisotopic (exact) mass is 295 g/mol. The lowest BCUT2D eigenvalue weighted by atomic mass is 10.1. The maximum Gasteiger partial charge on any atom is 0.261 e. The fraction of sp³-hybridized carbons (Fsp3) is 0.235. The van der Waals surface area contributed by atoms with Crippen molar-refractivity contribution in [2.45, 2.75) is 26.5 Å². The third-order valence-electron chi connectivity index (χ3n) is 3.96. The van der Waals surface area contributed by atoms with Crippen molar-refractivity contribution in [3.63, 3.8) is 0 Å². The molecule has 2 aromatic heterocycles. The fourth-order valence-corrected chi connectivity index (χ4v) is 2.47. The van der Waals surface area contributed by atoms with Gasteiger partial charge < -0.3 is 5.11 Å². The second-order valence-corrected chi connectivity index (χ2v) is 5.41. The van der Waals surface area contributed by atoms with Crippen LogP contribution < -0.4 is 5.56 Å². The Hall–Kier alpha value is -2.53. The first-order chi connectivity index (χ1) is 10.6. The van der Waals surface area contributed by atoms with E-state index in [1.807, 2.05) is 19.9 Å². The Bertz CT molecular complexity index is 872. The Labute approximate surface area is 127 Å². The molecule has 0 saturated carbocycles. The second kappa shape index (κ2) is 5.69. The first-order valence-electron chi connectivity index (χ1n) is 7.11. The van der Waals surface area contributed by atoms with E-state index in [1.165, 1.54) is 10.9 Å². The third kappa shape index (κ3) is 2.51. The van der Waals surface area contributed by atoms with E-state index in [4.69, 9.17) is 0 Å². The minimum atomic E-state index is -0.794. The zero-order valence-corrected chi connectivity index (χ0v) is 12.5. The van der Waals surface area contributed by atoms with Gasteiger partial charge in [0.05, 0.1) is 29.9 Å². The summed E-state index contributed by atoms with van der Waals surface area (Å²) < 4.78 is 1.44. The van der Waals surface area contributed by atoms with Crippen molar-refractivity contribution in [1.82, 2.24) is 14.5 Å². The third-order valence-corrected chi connectivity index (χ3v) is 3.96. The molecular formula is C17H17N3O2. The molecule has 0 spiro atoms. The molecule has 0 radical (unpaired) electrons. The second-order valence-electron chi connectivity index (χ2n) is 5.41. The van der Waals surface area contributed by atoms with Crippen LogP contribution in [0.2, 0.25) is 0 Å². The highest BCUT2D eigenvalue weighted by atomic mass is 16.3. The van der Waals surface area contributed by atoms with Crippen LogP contribution in [0.25, 0.3) is 10.9 Å². The highest BCUT2D eigenvalue weighted by molar-refractivity contribution is 5.81. The first-order valence-corrected chi connectivity index (χ1v) is 7.11. The average Bonchev–Trinajstić information content (AvgIpc) is 2.54. The molecule has 0 saturated heterocycles. The predicted molar refractivity (Wildman–Crippen MR) is 84.7 cm³/mol. The number of rotatable bonds is 3. The number of aliphatic hydroxyl groups excluding tert-OH is 1. The van der Waals surface area contributed by atoms with Gasteiger partial charge >= 0.3 is 0 Å². The molecule has 0 unspecified atom stereocenters. The molecule has 1 N–H and O–H groups in total. The molecule has 3 aromatic rings. The maximum absolute atomic E-state index is 12.6. The molecule has 0 fully saturated rings. The molecule has 112 valence electrons. The number of aliphatic hydroxyl groups is 1. The van der Waals surface area contributed by atoms with Crippen LogP contribution in [0.5, 0.6) is 0 Å². The van der Waals surface area contributed by atoms with Crippen molar-refractivity contribution in [3.05, 3.63) is 70.0 Å². The highest BCUT2D eigenvalue weighted by Gasteiger charge is 2.12. The largest absolute Gasteiger partial charge is 0.386 e. The summed E-state index contributed by atoms with van der Waals surface area (Å²) >= 11 is 0. The van der Waals surface area contributed by atoms with Crippen molar-refractivity contribution in [1.29, 1.82) is 0 Å². The lowest BCUT2D eigenvalue weighted by molar-refractivity contribution is 0.154. The van der Waals surface area contributed by atoms with Crippen LogP contribution in [0, 0.1) is 13.8 Å². The van der Waals surface area contributed by atoms with Gasteiger partial charge in [-0.3, -0.25) is 14.3 Å². The summed E-state index contributed by atoms with van der Waals surface area (Å²) in [4.78, 5) is 20.9. The highest BCUT2D eigenvalue weighted by Crippen LogP contribution is 2.17. The van der Waals surface area contributed by atoms with Gasteiger partial charge in [-0.1, -0.05) is 12.1 Å². The summed E-state index contributed by atoms with van der Waals surface area (Å²) in [6.45, 7) is 4.10. The molecule has 1 atom stereocenters. The standard InChI is InChI=1S/C17H17N3O2/c1-11-5-6-14-16(12(11)2)19-10-20(17(14)22)9-15(21)13-4-3-7-18-8-13/h3-8,10,15,21H,9H2,1-2H3/t15-/m1/s1. The Morgan fingerprint density at radius 1 is 1.27 bits per heavy atom. The van der Waals surface area contributed by atoms with E-state index in [0.29, 0.717) is 10.9 Å². The molecule has 0 aliphatic heterocycles. The Morgan fingerprint density at radius 2 is 2.09 bits per heavy atom. The van der Waals surface area contributed by atoms with E-state index in [1.54, 1.807) is 30.6 Å². The molecule has 22 heavy (non-hydrogen) atoms. The van der Waals surface area contributed by atoms with Gasteiger partial charge in [0, 0.05) is 18.0 Å². The molecule has 0 amide bonds. The zero-order valence-electron chi connectivity index (χ0n) is 12.5. The SMILES string of the molecule is Cc1ccc2c(=O)n(C[C@@H](O)c3cccnc3)cnc2c1C. The smallest absolute Gasteiger partial charge is 0.261 e. The minimum Gasteiger partial charge on any atom is -0.386 e. The Morgan fingerprint density at radius 3 is 2.82 bits per heavy atom. The van der Waals surface area contributed by atoms with E-state index in [2.05, 4.69) is 9.97 Å². The van der Waals surface area contributed by atoms with Crippen LogP contribution >= 0.6 is 0 Å². The fourth-order valence-electron chi connectivity index (χ4n) is 2.47. The van der Waals surface area contributed by atoms with Gasteiger partial charge in [0.25, 0.3) is 5.56 Å². The van der Waals surface area contributed by atoms with Crippen molar-refractivity contribution < 1.29 is 5.11 Å². The van der Waals surface area contributed by atoms with Gasteiger partial charge in [0.2, 0.25) is 0 Å². The molecular weight excluding hydrogens is 278 g/mol. The molecule has 5 nitrogen and oxygen atoms in total.